The molecule has 0 amide bonds. The minimum atomic E-state index is -0.0450. The lowest BCUT2D eigenvalue weighted by Gasteiger charge is -2.13. The van der Waals surface area contributed by atoms with Gasteiger partial charge in [-0.1, -0.05) is 27.2 Å². The van der Waals surface area contributed by atoms with Crippen LogP contribution in [0.5, 0.6) is 0 Å². The quantitative estimate of drug-likeness (QED) is 0.642. The second-order valence-electron chi connectivity index (χ2n) is 7.64. The third-order valence-electron chi connectivity index (χ3n) is 4.52. The zero-order valence-electron chi connectivity index (χ0n) is 16.2. The number of hydrogen-bond acceptors (Lipinski definition) is 5. The molecule has 0 atom stereocenters. The Hall–Kier alpha value is -2.38. The monoisotopic (exact) mass is 359 g/mol. The molecule has 2 N–H and O–H groups in total. The second-order valence-corrected chi connectivity index (χ2v) is 7.64. The van der Waals surface area contributed by atoms with Crippen molar-refractivity contribution in [2.75, 3.05) is 7.05 Å². The number of oxazole rings is 1. The van der Waals surface area contributed by atoms with Gasteiger partial charge in [-0.2, -0.15) is 0 Å². The minimum absolute atomic E-state index is 0.0450. The van der Waals surface area contributed by atoms with Crippen LogP contribution in [0.25, 0.3) is 0 Å². The van der Waals surface area contributed by atoms with Gasteiger partial charge in [-0.05, 0) is 12.8 Å². The molecule has 1 aliphatic rings. The molecule has 1 aliphatic heterocycles. The van der Waals surface area contributed by atoms with Gasteiger partial charge in [-0.15, -0.1) is 10.2 Å². The maximum Gasteiger partial charge on any atom is 0.213 e. The Bertz CT molecular complexity index is 754. The van der Waals surface area contributed by atoms with Gasteiger partial charge in [-0.3, -0.25) is 4.99 Å². The maximum atomic E-state index is 5.80. The zero-order chi connectivity index (χ0) is 18.6. The topological polar surface area (TPSA) is 93.2 Å². The molecule has 26 heavy (non-hydrogen) atoms. The molecule has 0 spiro atoms. The number of aromatic nitrogens is 4. The Morgan fingerprint density at radius 2 is 2.00 bits per heavy atom. The molecule has 3 rings (SSSR count). The largest absolute Gasteiger partial charge is 0.443 e. The average molecular weight is 359 g/mol. The van der Waals surface area contributed by atoms with Crippen molar-refractivity contribution in [3.63, 3.8) is 0 Å². The number of nitrogens with one attached hydrogen (secondary N) is 2. The molecule has 0 bridgehead atoms. The summed E-state index contributed by atoms with van der Waals surface area (Å²) in [6.45, 7) is 8.38. The molecule has 0 fully saturated rings. The van der Waals surface area contributed by atoms with Gasteiger partial charge in [0.2, 0.25) is 5.89 Å². The van der Waals surface area contributed by atoms with E-state index in [0.29, 0.717) is 24.9 Å². The van der Waals surface area contributed by atoms with Gasteiger partial charge in [0.1, 0.15) is 11.6 Å². The van der Waals surface area contributed by atoms with Crippen molar-refractivity contribution in [1.29, 1.82) is 0 Å². The first-order valence-corrected chi connectivity index (χ1v) is 9.28. The molecular formula is C18H29N7O. The summed E-state index contributed by atoms with van der Waals surface area (Å²) in [5.74, 6) is 4.26. The Morgan fingerprint density at radius 3 is 2.73 bits per heavy atom. The standard InChI is InChI=1S/C18H29N7O/c1-18(2,3)13-10-20-16(26-13)12-22-17(19-4)21-11-15-24-23-14-8-6-5-7-9-25(14)15/h10H,5-9,11-12H2,1-4H3,(H2,19,21,22). The van der Waals surface area contributed by atoms with Gasteiger partial charge in [0.15, 0.2) is 11.8 Å². The van der Waals surface area contributed by atoms with Gasteiger partial charge in [-0.25, -0.2) is 4.98 Å². The summed E-state index contributed by atoms with van der Waals surface area (Å²) in [6, 6.07) is 0. The van der Waals surface area contributed by atoms with Crippen molar-refractivity contribution >= 4 is 5.96 Å². The van der Waals surface area contributed by atoms with E-state index in [-0.39, 0.29) is 5.41 Å². The Morgan fingerprint density at radius 1 is 1.19 bits per heavy atom. The molecule has 2 aromatic heterocycles. The van der Waals surface area contributed by atoms with Crippen LogP contribution in [-0.4, -0.2) is 32.8 Å². The fourth-order valence-corrected chi connectivity index (χ4v) is 2.96. The third kappa shape index (κ3) is 4.42. The van der Waals surface area contributed by atoms with Crippen LogP contribution in [0.4, 0.5) is 0 Å². The number of nitrogens with zero attached hydrogens (tertiary/aromatic N) is 5. The first kappa shape index (κ1) is 18.4. The van der Waals surface area contributed by atoms with Gasteiger partial charge in [0.05, 0.1) is 19.3 Å². The lowest BCUT2D eigenvalue weighted by Crippen LogP contribution is -2.37. The highest BCUT2D eigenvalue weighted by Crippen LogP contribution is 2.22. The van der Waals surface area contributed by atoms with Crippen molar-refractivity contribution in [1.82, 2.24) is 30.4 Å². The van der Waals surface area contributed by atoms with Gasteiger partial charge < -0.3 is 19.6 Å². The van der Waals surface area contributed by atoms with Crippen LogP contribution < -0.4 is 10.6 Å². The molecule has 8 nitrogen and oxygen atoms in total. The van der Waals surface area contributed by atoms with E-state index in [1.165, 1.54) is 19.3 Å². The average Bonchev–Trinajstić information content (AvgIpc) is 3.16. The molecular weight excluding hydrogens is 330 g/mol. The molecule has 0 aromatic carbocycles. The number of aliphatic imine (C=N–C) groups is 1. The van der Waals surface area contributed by atoms with E-state index in [9.17, 15) is 0 Å². The number of fused-ring (bicyclic) bond motifs is 1. The second kappa shape index (κ2) is 7.88. The Balaban J connectivity index is 1.54. The molecule has 0 saturated carbocycles. The Labute approximate surface area is 154 Å². The number of guanidine groups is 1. The lowest BCUT2D eigenvalue weighted by atomic mass is 9.94. The highest BCUT2D eigenvalue weighted by Gasteiger charge is 2.19. The van der Waals surface area contributed by atoms with Crippen molar-refractivity contribution in [2.45, 2.75) is 71.5 Å². The van der Waals surface area contributed by atoms with E-state index in [0.717, 1.165) is 30.4 Å². The molecule has 3 heterocycles. The highest BCUT2D eigenvalue weighted by molar-refractivity contribution is 5.79. The molecule has 2 aromatic rings. The van der Waals surface area contributed by atoms with Gasteiger partial charge >= 0.3 is 0 Å². The summed E-state index contributed by atoms with van der Waals surface area (Å²) >= 11 is 0. The predicted octanol–water partition coefficient (Wildman–Crippen LogP) is 2.16. The predicted molar refractivity (Wildman–Crippen MR) is 99.8 cm³/mol. The van der Waals surface area contributed by atoms with Crippen LogP contribution in [0, 0.1) is 0 Å². The van der Waals surface area contributed by atoms with E-state index in [2.05, 4.69) is 56.1 Å². The van der Waals surface area contributed by atoms with Gasteiger partial charge in [0, 0.05) is 25.4 Å². The first-order valence-electron chi connectivity index (χ1n) is 9.28. The third-order valence-corrected chi connectivity index (χ3v) is 4.52. The van der Waals surface area contributed by atoms with Gasteiger partial charge in [0.25, 0.3) is 0 Å². The fraction of sp³-hybridized carbons (Fsp3) is 0.667. The van der Waals surface area contributed by atoms with Crippen LogP contribution in [0.3, 0.4) is 0 Å². The van der Waals surface area contributed by atoms with Crippen LogP contribution >= 0.6 is 0 Å². The molecule has 0 radical (unpaired) electrons. The SMILES string of the molecule is CN=C(NCc1ncc(C(C)(C)C)o1)NCc1nnc2n1CCCCC2. The van der Waals surface area contributed by atoms with Crippen LogP contribution in [0.1, 0.15) is 63.3 Å². The summed E-state index contributed by atoms with van der Waals surface area (Å²) in [5, 5.41) is 15.2. The smallest absolute Gasteiger partial charge is 0.213 e. The van der Waals surface area contributed by atoms with E-state index >= 15 is 0 Å². The normalized spacial score (nSPS) is 15.5. The highest BCUT2D eigenvalue weighted by atomic mass is 16.4. The van der Waals surface area contributed by atoms with E-state index in [1.807, 2.05) is 0 Å². The fourth-order valence-electron chi connectivity index (χ4n) is 2.96. The molecule has 0 aliphatic carbocycles. The summed E-state index contributed by atoms with van der Waals surface area (Å²) in [4.78, 5) is 8.58. The number of rotatable bonds is 4. The van der Waals surface area contributed by atoms with Crippen LogP contribution in [0.15, 0.2) is 15.6 Å². The lowest BCUT2D eigenvalue weighted by molar-refractivity contribution is 0.379. The summed E-state index contributed by atoms with van der Waals surface area (Å²) in [5.41, 5.74) is -0.0450. The van der Waals surface area contributed by atoms with E-state index in [4.69, 9.17) is 4.42 Å². The summed E-state index contributed by atoms with van der Waals surface area (Å²) in [6.07, 6.45) is 6.44. The minimum Gasteiger partial charge on any atom is -0.443 e. The van der Waals surface area contributed by atoms with Crippen molar-refractivity contribution in [2.24, 2.45) is 4.99 Å². The van der Waals surface area contributed by atoms with Crippen LogP contribution in [-0.2, 0) is 31.5 Å². The van der Waals surface area contributed by atoms with E-state index < -0.39 is 0 Å². The Kier molecular flexibility index (Phi) is 5.58. The van der Waals surface area contributed by atoms with Crippen molar-refractivity contribution in [3.8, 4) is 0 Å². The number of aryl methyl sites for hydroxylation is 1. The zero-order valence-corrected chi connectivity index (χ0v) is 16.2. The molecule has 0 saturated heterocycles. The molecule has 0 unspecified atom stereocenters. The van der Waals surface area contributed by atoms with Crippen molar-refractivity contribution < 1.29 is 4.42 Å². The number of hydrogen-bond donors (Lipinski definition) is 2. The first-order chi connectivity index (χ1) is 12.5. The maximum absolute atomic E-state index is 5.80. The molecule has 8 heteroatoms. The van der Waals surface area contributed by atoms with Crippen molar-refractivity contribution in [3.05, 3.63) is 29.5 Å². The van der Waals surface area contributed by atoms with E-state index in [1.54, 1.807) is 13.2 Å². The summed E-state index contributed by atoms with van der Waals surface area (Å²) < 4.78 is 8.03. The summed E-state index contributed by atoms with van der Waals surface area (Å²) in [7, 11) is 1.75. The van der Waals surface area contributed by atoms with Crippen LogP contribution in [0.2, 0.25) is 0 Å². The molecule has 142 valence electrons.